The van der Waals surface area contributed by atoms with Crippen LogP contribution in [0.3, 0.4) is 0 Å². The molecule has 1 saturated carbocycles. The zero-order valence-electron chi connectivity index (χ0n) is 14.1. The molecule has 0 radical (unpaired) electrons. The van der Waals surface area contributed by atoms with Crippen molar-refractivity contribution in [2.24, 2.45) is 10.9 Å². The van der Waals surface area contributed by atoms with Gasteiger partial charge in [0.1, 0.15) is 23.5 Å². The average Bonchev–Trinajstić information content (AvgIpc) is 2.55. The largest absolute Gasteiger partial charge is 0.480 e. The van der Waals surface area contributed by atoms with E-state index in [-0.39, 0.29) is 17.5 Å². The Morgan fingerprint density at radius 2 is 1.92 bits per heavy atom. The lowest BCUT2D eigenvalue weighted by molar-refractivity contribution is -0.138. The zero-order valence-corrected chi connectivity index (χ0v) is 14.1. The van der Waals surface area contributed by atoms with Crippen LogP contribution in [0.2, 0.25) is 0 Å². The standard InChI is InChI=1S/C19H23NO4/c1-3-7-16(21)18-15(20-12(2)19(23)24)10-14(11-17(18)22)13-8-5-4-6-9-13/h4-6,8-9,12,14,18H,3,7,10-11H2,1-2H3,(H,23,24)/t12-,14-,18-/m0/s1. The van der Waals surface area contributed by atoms with E-state index >= 15 is 0 Å². The van der Waals surface area contributed by atoms with Crippen molar-refractivity contribution in [1.29, 1.82) is 0 Å². The van der Waals surface area contributed by atoms with Gasteiger partial charge in [-0.1, -0.05) is 37.3 Å². The highest BCUT2D eigenvalue weighted by molar-refractivity contribution is 6.22. The third kappa shape index (κ3) is 4.16. The van der Waals surface area contributed by atoms with Crippen molar-refractivity contribution < 1.29 is 19.5 Å². The normalized spacial score (nSPS) is 23.9. The van der Waals surface area contributed by atoms with E-state index in [1.165, 1.54) is 6.92 Å². The topological polar surface area (TPSA) is 83.8 Å². The molecule has 0 aliphatic heterocycles. The predicted octanol–water partition coefficient (Wildman–Crippen LogP) is 3.03. The fourth-order valence-electron chi connectivity index (χ4n) is 3.14. The molecule has 0 saturated heterocycles. The number of ketones is 2. The molecule has 2 rings (SSSR count). The van der Waals surface area contributed by atoms with Crippen molar-refractivity contribution in [3.63, 3.8) is 0 Å². The number of aliphatic imine (C=N–C) groups is 1. The molecule has 0 unspecified atom stereocenters. The van der Waals surface area contributed by atoms with Crippen molar-refractivity contribution in [3.8, 4) is 0 Å². The highest BCUT2D eigenvalue weighted by Gasteiger charge is 2.38. The van der Waals surface area contributed by atoms with Crippen LogP contribution >= 0.6 is 0 Å². The minimum Gasteiger partial charge on any atom is -0.480 e. The molecule has 1 aromatic rings. The lowest BCUT2D eigenvalue weighted by Crippen LogP contribution is -2.39. The number of Topliss-reactive ketones (excluding diaryl/α,β-unsaturated/α-hetero) is 2. The molecule has 5 heteroatoms. The molecule has 24 heavy (non-hydrogen) atoms. The van der Waals surface area contributed by atoms with Gasteiger partial charge in [-0.25, -0.2) is 4.79 Å². The van der Waals surface area contributed by atoms with E-state index in [4.69, 9.17) is 5.11 Å². The molecule has 1 fully saturated rings. The van der Waals surface area contributed by atoms with Crippen LogP contribution in [0, 0.1) is 5.92 Å². The monoisotopic (exact) mass is 329 g/mol. The third-order valence-corrected chi connectivity index (χ3v) is 4.36. The number of aliphatic carboxylic acids is 1. The Labute approximate surface area is 141 Å². The molecule has 0 aromatic heterocycles. The van der Waals surface area contributed by atoms with Gasteiger partial charge < -0.3 is 5.11 Å². The van der Waals surface area contributed by atoms with Crippen LogP contribution < -0.4 is 0 Å². The predicted molar refractivity (Wildman–Crippen MR) is 91.4 cm³/mol. The highest BCUT2D eigenvalue weighted by Crippen LogP contribution is 2.33. The van der Waals surface area contributed by atoms with Crippen LogP contribution in [0.25, 0.3) is 0 Å². The van der Waals surface area contributed by atoms with Crippen LogP contribution in [-0.4, -0.2) is 34.4 Å². The first-order valence-electron chi connectivity index (χ1n) is 8.33. The van der Waals surface area contributed by atoms with Crippen LogP contribution in [0.5, 0.6) is 0 Å². The van der Waals surface area contributed by atoms with Gasteiger partial charge in [0.25, 0.3) is 0 Å². The first-order valence-corrected chi connectivity index (χ1v) is 8.33. The fourth-order valence-corrected chi connectivity index (χ4v) is 3.14. The zero-order chi connectivity index (χ0) is 17.7. The number of rotatable bonds is 6. The summed E-state index contributed by atoms with van der Waals surface area (Å²) in [5.41, 5.74) is 1.44. The number of carbonyl (C=O) groups excluding carboxylic acids is 2. The van der Waals surface area contributed by atoms with Gasteiger partial charge in [-0.15, -0.1) is 0 Å². The van der Waals surface area contributed by atoms with E-state index in [1.54, 1.807) is 0 Å². The first-order chi connectivity index (χ1) is 11.4. The maximum atomic E-state index is 12.6. The number of carboxylic acids is 1. The van der Waals surface area contributed by atoms with Gasteiger partial charge in [0.05, 0.1) is 0 Å². The molecule has 0 heterocycles. The lowest BCUT2D eigenvalue weighted by atomic mass is 9.74. The molecule has 128 valence electrons. The van der Waals surface area contributed by atoms with E-state index < -0.39 is 17.9 Å². The Bertz CT molecular complexity index is 651. The molecule has 1 aliphatic carbocycles. The van der Waals surface area contributed by atoms with Crippen molar-refractivity contribution >= 4 is 23.2 Å². The summed E-state index contributed by atoms with van der Waals surface area (Å²) in [6, 6.07) is 8.66. The summed E-state index contributed by atoms with van der Waals surface area (Å²) >= 11 is 0. The summed E-state index contributed by atoms with van der Waals surface area (Å²) in [5, 5.41) is 9.11. The molecule has 0 bridgehead atoms. The van der Waals surface area contributed by atoms with Gasteiger partial charge in [0, 0.05) is 18.6 Å². The third-order valence-electron chi connectivity index (χ3n) is 4.36. The maximum absolute atomic E-state index is 12.6. The summed E-state index contributed by atoms with van der Waals surface area (Å²) < 4.78 is 0. The van der Waals surface area contributed by atoms with Gasteiger partial charge >= 0.3 is 5.97 Å². The van der Waals surface area contributed by atoms with Gasteiger partial charge in [0.15, 0.2) is 0 Å². The second kappa shape index (κ2) is 7.99. The minimum absolute atomic E-state index is 0.0517. The van der Waals surface area contributed by atoms with Crippen molar-refractivity contribution in [2.75, 3.05) is 0 Å². The van der Waals surface area contributed by atoms with Crippen LogP contribution in [0.15, 0.2) is 35.3 Å². The molecule has 0 spiro atoms. The number of hydrogen-bond donors (Lipinski definition) is 1. The lowest BCUT2D eigenvalue weighted by Gasteiger charge is -2.29. The van der Waals surface area contributed by atoms with E-state index in [2.05, 4.69) is 4.99 Å². The number of carbonyl (C=O) groups is 3. The summed E-state index contributed by atoms with van der Waals surface area (Å²) in [5.74, 6) is -2.27. The average molecular weight is 329 g/mol. The Morgan fingerprint density at radius 1 is 1.25 bits per heavy atom. The number of carboxylic acid groups (broad SMARTS) is 1. The smallest absolute Gasteiger partial charge is 0.328 e. The van der Waals surface area contributed by atoms with E-state index in [0.717, 1.165) is 5.56 Å². The van der Waals surface area contributed by atoms with Crippen LogP contribution in [-0.2, 0) is 14.4 Å². The molecule has 3 atom stereocenters. The van der Waals surface area contributed by atoms with Crippen molar-refractivity contribution in [3.05, 3.63) is 35.9 Å². The number of hydrogen-bond acceptors (Lipinski definition) is 4. The number of benzene rings is 1. The molecule has 1 aromatic carbocycles. The molecular formula is C19H23NO4. The summed E-state index contributed by atoms with van der Waals surface area (Å²) in [7, 11) is 0. The SMILES string of the molecule is CCCC(=O)[C@H]1C(=O)C[C@@H](c2ccccc2)CC1=N[C@@H](C)C(=O)O. The highest BCUT2D eigenvalue weighted by atomic mass is 16.4. The maximum Gasteiger partial charge on any atom is 0.328 e. The molecular weight excluding hydrogens is 306 g/mol. The molecule has 1 N–H and O–H groups in total. The second-order valence-corrected chi connectivity index (χ2v) is 6.27. The Balaban J connectivity index is 2.34. The summed E-state index contributed by atoms with van der Waals surface area (Å²) in [6.45, 7) is 3.35. The summed E-state index contributed by atoms with van der Waals surface area (Å²) in [4.78, 5) is 40.3. The van der Waals surface area contributed by atoms with E-state index in [0.29, 0.717) is 31.4 Å². The Morgan fingerprint density at radius 3 is 2.50 bits per heavy atom. The van der Waals surface area contributed by atoms with Gasteiger partial charge in [-0.05, 0) is 31.2 Å². The van der Waals surface area contributed by atoms with Crippen LogP contribution in [0.1, 0.15) is 51.0 Å². The van der Waals surface area contributed by atoms with Gasteiger partial charge in [-0.3, -0.25) is 14.6 Å². The Hall–Kier alpha value is -2.30. The second-order valence-electron chi connectivity index (χ2n) is 6.27. The van der Waals surface area contributed by atoms with E-state index in [9.17, 15) is 14.4 Å². The first kappa shape index (κ1) is 18.0. The summed E-state index contributed by atoms with van der Waals surface area (Å²) in [6.07, 6.45) is 1.72. The quantitative estimate of drug-likeness (QED) is 0.813. The number of nitrogens with zero attached hydrogens (tertiary/aromatic N) is 1. The fraction of sp³-hybridized carbons (Fsp3) is 0.474. The van der Waals surface area contributed by atoms with Gasteiger partial charge in [-0.2, -0.15) is 0 Å². The van der Waals surface area contributed by atoms with Crippen molar-refractivity contribution in [2.45, 2.75) is 51.5 Å². The van der Waals surface area contributed by atoms with Crippen molar-refractivity contribution in [1.82, 2.24) is 0 Å². The molecule has 5 nitrogen and oxygen atoms in total. The minimum atomic E-state index is -1.06. The molecule has 1 aliphatic rings. The van der Waals surface area contributed by atoms with E-state index in [1.807, 2.05) is 37.3 Å². The molecule has 0 amide bonds. The van der Waals surface area contributed by atoms with Gasteiger partial charge in [0.2, 0.25) is 0 Å². The Kier molecular flexibility index (Phi) is 6.01. The van der Waals surface area contributed by atoms with Crippen LogP contribution in [0.4, 0.5) is 0 Å².